The van der Waals surface area contributed by atoms with Gasteiger partial charge in [-0.05, 0) is 43.8 Å². The number of nitrogens with zero attached hydrogens (tertiary/aromatic N) is 1. The Kier molecular flexibility index (Phi) is 7.44. The second kappa shape index (κ2) is 9.81. The van der Waals surface area contributed by atoms with Crippen LogP contribution in [0.3, 0.4) is 0 Å². The molecule has 0 aliphatic rings. The topological polar surface area (TPSA) is 53.6 Å². The number of hydrogen-bond donors (Lipinski definition) is 2. The van der Waals surface area contributed by atoms with Gasteiger partial charge in [-0.25, -0.2) is 4.79 Å². The van der Waals surface area contributed by atoms with Crippen LogP contribution >= 0.6 is 0 Å². The van der Waals surface area contributed by atoms with E-state index in [9.17, 15) is 4.79 Å². The number of rotatable bonds is 8. The van der Waals surface area contributed by atoms with Gasteiger partial charge in [0.1, 0.15) is 0 Å². The summed E-state index contributed by atoms with van der Waals surface area (Å²) < 4.78 is 5.09. The van der Waals surface area contributed by atoms with Crippen molar-refractivity contribution >= 4 is 11.7 Å². The van der Waals surface area contributed by atoms with Crippen molar-refractivity contribution < 1.29 is 9.53 Å². The summed E-state index contributed by atoms with van der Waals surface area (Å²) >= 11 is 0. The quantitative estimate of drug-likeness (QED) is 0.776. The van der Waals surface area contributed by atoms with Gasteiger partial charge in [-0.15, -0.1) is 0 Å². The molecule has 0 fully saturated rings. The van der Waals surface area contributed by atoms with Crippen molar-refractivity contribution in [1.29, 1.82) is 0 Å². The van der Waals surface area contributed by atoms with Crippen LogP contribution in [-0.2, 0) is 17.8 Å². The van der Waals surface area contributed by atoms with Gasteiger partial charge < -0.3 is 20.3 Å². The van der Waals surface area contributed by atoms with Crippen LogP contribution in [0, 0.1) is 0 Å². The molecule has 25 heavy (non-hydrogen) atoms. The Hall–Kier alpha value is -2.37. The first kappa shape index (κ1) is 19.0. The van der Waals surface area contributed by atoms with Crippen molar-refractivity contribution in [2.45, 2.75) is 19.1 Å². The number of likely N-dealkylation sites (N-methyl/N-ethyl adjacent to an activating group) is 1. The van der Waals surface area contributed by atoms with Gasteiger partial charge in [-0.1, -0.05) is 42.5 Å². The van der Waals surface area contributed by atoms with Crippen molar-refractivity contribution in [2.24, 2.45) is 0 Å². The first-order valence-corrected chi connectivity index (χ1v) is 8.41. The molecule has 0 aromatic heterocycles. The summed E-state index contributed by atoms with van der Waals surface area (Å²) in [5.74, 6) is 0. The molecule has 0 spiro atoms. The van der Waals surface area contributed by atoms with Crippen LogP contribution in [0.1, 0.15) is 11.1 Å². The maximum Gasteiger partial charge on any atom is 0.319 e. The fraction of sp³-hybridized carbons (Fsp3) is 0.350. The lowest BCUT2D eigenvalue weighted by Gasteiger charge is -2.23. The van der Waals surface area contributed by atoms with E-state index in [-0.39, 0.29) is 12.1 Å². The van der Waals surface area contributed by atoms with E-state index in [1.165, 1.54) is 5.56 Å². The fourth-order valence-electron chi connectivity index (χ4n) is 2.70. The molecule has 0 aliphatic carbocycles. The Balaban J connectivity index is 1.93. The van der Waals surface area contributed by atoms with Gasteiger partial charge in [-0.2, -0.15) is 0 Å². The minimum atomic E-state index is -0.192. The van der Waals surface area contributed by atoms with Crippen LogP contribution in [0.25, 0.3) is 0 Å². The molecule has 0 bridgehead atoms. The third kappa shape index (κ3) is 6.95. The van der Waals surface area contributed by atoms with E-state index in [2.05, 4.69) is 27.7 Å². The average Bonchev–Trinajstić information content (AvgIpc) is 2.57. The molecule has 0 saturated heterocycles. The van der Waals surface area contributed by atoms with Crippen LogP contribution in [-0.4, -0.2) is 44.7 Å². The van der Waals surface area contributed by atoms with E-state index in [0.29, 0.717) is 6.61 Å². The second-order valence-corrected chi connectivity index (χ2v) is 6.38. The molecule has 2 rings (SSSR count). The molecule has 5 nitrogen and oxygen atoms in total. The highest BCUT2D eigenvalue weighted by molar-refractivity contribution is 5.89. The third-order valence-corrected chi connectivity index (χ3v) is 3.77. The maximum absolute atomic E-state index is 12.3. The molecule has 0 unspecified atom stereocenters. The van der Waals surface area contributed by atoms with Gasteiger partial charge in [0.25, 0.3) is 0 Å². The van der Waals surface area contributed by atoms with Crippen molar-refractivity contribution in [1.82, 2.24) is 10.2 Å². The predicted molar refractivity (Wildman–Crippen MR) is 102 cm³/mol. The van der Waals surface area contributed by atoms with Gasteiger partial charge in [0.15, 0.2) is 0 Å². The molecule has 2 N–H and O–H groups in total. The third-order valence-electron chi connectivity index (χ3n) is 3.77. The van der Waals surface area contributed by atoms with Gasteiger partial charge >= 0.3 is 6.03 Å². The minimum Gasteiger partial charge on any atom is -0.380 e. The van der Waals surface area contributed by atoms with Crippen LogP contribution in [0.4, 0.5) is 10.5 Å². The maximum atomic E-state index is 12.3. The standard InChI is InChI=1S/C20H27N3O2/c1-23(2)14-19(13-16-7-5-4-6-8-16)22-20(24)21-18-11-9-17(10-12-18)15-25-3/h4-12,19H,13-15H2,1-3H3,(H2,21,22,24)/t19-/m0/s1. The van der Waals surface area contributed by atoms with Crippen LogP contribution in [0.15, 0.2) is 54.6 Å². The van der Waals surface area contributed by atoms with E-state index in [1.54, 1.807) is 7.11 Å². The number of ether oxygens (including phenoxy) is 1. The molecule has 0 heterocycles. The molecule has 2 amide bonds. The smallest absolute Gasteiger partial charge is 0.319 e. The number of carbonyl (C=O) groups is 1. The number of hydrogen-bond acceptors (Lipinski definition) is 3. The van der Waals surface area contributed by atoms with Gasteiger partial charge in [0, 0.05) is 25.4 Å². The Labute approximate surface area is 150 Å². The first-order chi connectivity index (χ1) is 12.1. The summed E-state index contributed by atoms with van der Waals surface area (Å²) in [7, 11) is 5.68. The van der Waals surface area contributed by atoms with Gasteiger partial charge in [0.05, 0.1) is 6.61 Å². The predicted octanol–water partition coefficient (Wildman–Crippen LogP) is 3.13. The van der Waals surface area contributed by atoms with Crippen molar-refractivity contribution in [3.8, 4) is 0 Å². The van der Waals surface area contributed by atoms with Crippen molar-refractivity contribution in [3.05, 3.63) is 65.7 Å². The highest BCUT2D eigenvalue weighted by atomic mass is 16.5. The summed E-state index contributed by atoms with van der Waals surface area (Å²) in [5, 5.41) is 5.96. The lowest BCUT2D eigenvalue weighted by molar-refractivity contribution is 0.185. The molecule has 5 heteroatoms. The normalized spacial score (nSPS) is 12.0. The first-order valence-electron chi connectivity index (χ1n) is 8.41. The lowest BCUT2D eigenvalue weighted by atomic mass is 10.1. The Morgan fingerprint density at radius 1 is 1.04 bits per heavy atom. The average molecular weight is 341 g/mol. The zero-order valence-corrected chi connectivity index (χ0v) is 15.2. The zero-order valence-electron chi connectivity index (χ0n) is 15.2. The Bertz CT molecular complexity index is 642. The number of anilines is 1. The summed E-state index contributed by atoms with van der Waals surface area (Å²) in [6.45, 7) is 1.34. The van der Waals surface area contributed by atoms with Crippen LogP contribution in [0.2, 0.25) is 0 Å². The number of carbonyl (C=O) groups excluding carboxylic acids is 1. The molecular formula is C20H27N3O2. The SMILES string of the molecule is COCc1ccc(NC(=O)N[C@@H](Cc2ccccc2)CN(C)C)cc1. The zero-order chi connectivity index (χ0) is 18.1. The number of urea groups is 1. The molecule has 0 radical (unpaired) electrons. The highest BCUT2D eigenvalue weighted by Gasteiger charge is 2.14. The van der Waals surface area contributed by atoms with Crippen LogP contribution < -0.4 is 10.6 Å². The molecule has 0 aliphatic heterocycles. The number of methoxy groups -OCH3 is 1. The molecule has 134 valence electrons. The summed E-state index contributed by atoms with van der Waals surface area (Å²) in [6, 6.07) is 17.7. The summed E-state index contributed by atoms with van der Waals surface area (Å²) in [5.41, 5.74) is 3.04. The Morgan fingerprint density at radius 2 is 1.72 bits per heavy atom. The van der Waals surface area contributed by atoms with Gasteiger partial charge in [-0.3, -0.25) is 0 Å². The minimum absolute atomic E-state index is 0.0326. The van der Waals surface area contributed by atoms with Crippen molar-refractivity contribution in [2.75, 3.05) is 33.1 Å². The molecular weight excluding hydrogens is 314 g/mol. The second-order valence-electron chi connectivity index (χ2n) is 6.38. The van der Waals surface area contributed by atoms with E-state index < -0.39 is 0 Å². The lowest BCUT2D eigenvalue weighted by Crippen LogP contribution is -2.45. The highest BCUT2D eigenvalue weighted by Crippen LogP contribution is 2.10. The molecule has 1 atom stereocenters. The van der Waals surface area contributed by atoms with Gasteiger partial charge in [0.2, 0.25) is 0 Å². The molecule has 2 aromatic carbocycles. The largest absolute Gasteiger partial charge is 0.380 e. The molecule has 2 aromatic rings. The number of amides is 2. The number of nitrogens with one attached hydrogen (secondary N) is 2. The monoisotopic (exact) mass is 341 g/mol. The summed E-state index contributed by atoms with van der Waals surface area (Å²) in [4.78, 5) is 14.4. The number of benzene rings is 2. The fourth-order valence-corrected chi connectivity index (χ4v) is 2.70. The van der Waals surface area contributed by atoms with E-state index in [4.69, 9.17) is 4.74 Å². The van der Waals surface area contributed by atoms with E-state index in [1.807, 2.05) is 56.6 Å². The molecule has 0 saturated carbocycles. The van der Waals surface area contributed by atoms with E-state index >= 15 is 0 Å². The van der Waals surface area contributed by atoms with E-state index in [0.717, 1.165) is 24.2 Å². The summed E-state index contributed by atoms with van der Waals surface area (Å²) in [6.07, 6.45) is 0.791. The Morgan fingerprint density at radius 3 is 2.32 bits per heavy atom. The van der Waals surface area contributed by atoms with Crippen LogP contribution in [0.5, 0.6) is 0 Å². The van der Waals surface area contributed by atoms with Crippen molar-refractivity contribution in [3.63, 3.8) is 0 Å².